The highest BCUT2D eigenvalue weighted by molar-refractivity contribution is 7.90. The Labute approximate surface area is 207 Å². The summed E-state index contributed by atoms with van der Waals surface area (Å²) in [6.45, 7) is 0. The Kier molecular flexibility index (Phi) is 5.08. The van der Waals surface area contributed by atoms with E-state index in [0.717, 1.165) is 27.5 Å². The first kappa shape index (κ1) is 22.0. The van der Waals surface area contributed by atoms with Crippen LogP contribution < -0.4 is 5.32 Å². The lowest BCUT2D eigenvalue weighted by atomic mass is 10.0. The van der Waals surface area contributed by atoms with Crippen molar-refractivity contribution in [3.8, 4) is 22.6 Å². The number of sulfone groups is 1. The van der Waals surface area contributed by atoms with Crippen molar-refractivity contribution in [1.82, 2.24) is 19.5 Å². The summed E-state index contributed by atoms with van der Waals surface area (Å²) in [6, 6.07) is 17.1. The van der Waals surface area contributed by atoms with Crippen LogP contribution in [0.1, 0.15) is 0 Å². The average molecular weight is 496 g/mol. The van der Waals surface area contributed by atoms with E-state index in [9.17, 15) is 8.42 Å². The van der Waals surface area contributed by atoms with Crippen LogP contribution in [0.3, 0.4) is 0 Å². The normalized spacial score (nSPS) is 11.8. The lowest BCUT2D eigenvalue weighted by molar-refractivity contribution is 0.574. The van der Waals surface area contributed by atoms with Crippen molar-refractivity contribution in [2.75, 3.05) is 11.6 Å². The lowest BCUT2D eigenvalue weighted by Gasteiger charge is -2.15. The van der Waals surface area contributed by atoms with Gasteiger partial charge in [-0.1, -0.05) is 12.1 Å². The molecule has 1 N–H and O–H groups in total. The zero-order chi connectivity index (χ0) is 24.9. The minimum absolute atomic E-state index is 0.170. The zero-order valence-electron chi connectivity index (χ0n) is 19.5. The molecule has 0 radical (unpaired) electrons. The zero-order valence-corrected chi connectivity index (χ0v) is 20.3. The van der Waals surface area contributed by atoms with E-state index in [1.807, 2.05) is 25.4 Å². The molecule has 8 nitrogen and oxygen atoms in total. The smallest absolute Gasteiger partial charge is 0.225 e. The number of benzene rings is 3. The van der Waals surface area contributed by atoms with Gasteiger partial charge in [0.1, 0.15) is 6.26 Å². The number of anilines is 2. The molecule has 0 aliphatic heterocycles. The van der Waals surface area contributed by atoms with Crippen LogP contribution >= 0.6 is 0 Å². The predicted octanol–water partition coefficient (Wildman–Crippen LogP) is 5.59. The summed E-state index contributed by atoms with van der Waals surface area (Å²) >= 11 is 0. The summed E-state index contributed by atoms with van der Waals surface area (Å²) in [7, 11) is -1.50. The first-order valence-corrected chi connectivity index (χ1v) is 13.1. The second-order valence-electron chi connectivity index (χ2n) is 8.59. The van der Waals surface area contributed by atoms with Gasteiger partial charge in [0.15, 0.2) is 9.84 Å². The van der Waals surface area contributed by atoms with E-state index in [4.69, 9.17) is 4.42 Å². The maximum Gasteiger partial charge on any atom is 0.225 e. The van der Waals surface area contributed by atoms with E-state index >= 15 is 0 Å². The Bertz CT molecular complexity index is 1860. The molecule has 0 bridgehead atoms. The third-order valence-corrected chi connectivity index (χ3v) is 7.27. The lowest BCUT2D eigenvalue weighted by Crippen LogP contribution is -2.03. The molecule has 0 saturated carbocycles. The minimum atomic E-state index is -3.51. The molecular formula is C27H21N5O3S. The molecule has 0 spiro atoms. The Balaban J connectivity index is 1.52. The van der Waals surface area contributed by atoms with E-state index < -0.39 is 9.84 Å². The number of aromatic nitrogens is 4. The maximum atomic E-state index is 12.6. The maximum absolute atomic E-state index is 12.6. The topological polar surface area (TPSA) is 103 Å². The molecule has 0 saturated heterocycles. The van der Waals surface area contributed by atoms with Crippen LogP contribution in [0.15, 0.2) is 95.0 Å². The fourth-order valence-electron chi connectivity index (χ4n) is 4.40. The van der Waals surface area contributed by atoms with Gasteiger partial charge in [0.05, 0.1) is 27.8 Å². The van der Waals surface area contributed by atoms with Crippen LogP contribution in [-0.4, -0.2) is 34.2 Å². The molecule has 0 aliphatic carbocycles. The second-order valence-corrected chi connectivity index (χ2v) is 10.6. The van der Waals surface area contributed by atoms with E-state index in [1.165, 1.54) is 12.5 Å². The van der Waals surface area contributed by atoms with Crippen molar-refractivity contribution in [3.05, 3.63) is 85.6 Å². The van der Waals surface area contributed by atoms with Gasteiger partial charge in [-0.25, -0.2) is 13.4 Å². The van der Waals surface area contributed by atoms with Crippen LogP contribution in [0.5, 0.6) is 0 Å². The van der Waals surface area contributed by atoms with Crippen LogP contribution in [0.25, 0.3) is 44.5 Å². The molecule has 0 atom stereocenters. The van der Waals surface area contributed by atoms with Crippen molar-refractivity contribution in [2.24, 2.45) is 7.05 Å². The van der Waals surface area contributed by atoms with E-state index in [2.05, 4.69) is 49.1 Å². The number of hydrogen-bond acceptors (Lipinski definition) is 7. The molecule has 6 rings (SSSR count). The van der Waals surface area contributed by atoms with Gasteiger partial charge in [-0.05, 0) is 53.4 Å². The van der Waals surface area contributed by atoms with Gasteiger partial charge in [-0.2, -0.15) is 0 Å². The van der Waals surface area contributed by atoms with Crippen LogP contribution in [0.2, 0.25) is 0 Å². The molecule has 0 amide bonds. The van der Waals surface area contributed by atoms with Crippen molar-refractivity contribution in [3.63, 3.8) is 0 Å². The average Bonchev–Trinajstić information content (AvgIpc) is 3.53. The number of nitrogens with one attached hydrogen (secondary N) is 1. The number of oxazole rings is 1. The summed E-state index contributed by atoms with van der Waals surface area (Å²) in [4.78, 5) is 13.5. The summed E-state index contributed by atoms with van der Waals surface area (Å²) in [5.41, 5.74) is 6.17. The Hall–Kier alpha value is -4.50. The Morgan fingerprint density at radius 1 is 0.889 bits per heavy atom. The summed E-state index contributed by atoms with van der Waals surface area (Å²) < 4.78 is 32.6. The number of hydrogen-bond donors (Lipinski definition) is 1. The number of aryl methyl sites for hydroxylation is 1. The molecule has 3 aromatic heterocycles. The van der Waals surface area contributed by atoms with Crippen molar-refractivity contribution in [1.29, 1.82) is 0 Å². The first-order chi connectivity index (χ1) is 17.4. The highest BCUT2D eigenvalue weighted by Gasteiger charge is 2.17. The van der Waals surface area contributed by atoms with Crippen LogP contribution in [-0.2, 0) is 16.9 Å². The molecule has 0 unspecified atom stereocenters. The SMILES string of the molecule is Cn1ccc2ccc(-c3cc(Nc4cc(-c5ncco5)ccc4S(C)(=O)=O)cc4nccnc34)cc21. The van der Waals surface area contributed by atoms with E-state index in [1.54, 1.807) is 36.8 Å². The van der Waals surface area contributed by atoms with Crippen molar-refractivity contribution >= 4 is 43.1 Å². The monoisotopic (exact) mass is 495 g/mol. The summed E-state index contributed by atoms with van der Waals surface area (Å²) in [5, 5.41) is 4.45. The fraction of sp³-hybridized carbons (Fsp3) is 0.0741. The highest BCUT2D eigenvalue weighted by atomic mass is 32.2. The van der Waals surface area contributed by atoms with Gasteiger partial charge in [0.2, 0.25) is 5.89 Å². The molecule has 36 heavy (non-hydrogen) atoms. The molecule has 9 heteroatoms. The van der Waals surface area contributed by atoms with E-state index in [0.29, 0.717) is 28.3 Å². The third kappa shape index (κ3) is 3.89. The van der Waals surface area contributed by atoms with E-state index in [-0.39, 0.29) is 4.90 Å². The quantitative estimate of drug-likeness (QED) is 0.332. The predicted molar refractivity (Wildman–Crippen MR) is 140 cm³/mol. The molecule has 3 heterocycles. The fourth-order valence-corrected chi connectivity index (χ4v) is 5.23. The van der Waals surface area contributed by atoms with Gasteiger partial charge in [0.25, 0.3) is 0 Å². The second kappa shape index (κ2) is 8.31. The van der Waals surface area contributed by atoms with Gasteiger partial charge >= 0.3 is 0 Å². The molecule has 6 aromatic rings. The van der Waals surface area contributed by atoms with Gasteiger partial charge in [-0.3, -0.25) is 9.97 Å². The minimum Gasteiger partial charge on any atom is -0.445 e. The molecular weight excluding hydrogens is 474 g/mol. The molecule has 3 aromatic carbocycles. The molecule has 0 fully saturated rings. The van der Waals surface area contributed by atoms with Gasteiger partial charge in [-0.15, -0.1) is 0 Å². The standard InChI is InChI=1S/C27H21N5O3S/c1-32-11-7-17-3-4-18(14-24(17)32)21-15-20(16-23-26(21)29-9-8-28-23)31-22-13-19(27-30-10-12-35-27)5-6-25(22)36(2,33)34/h3-16,31H,1-2H3. The van der Waals surface area contributed by atoms with Crippen molar-refractivity contribution in [2.45, 2.75) is 4.90 Å². The Morgan fingerprint density at radius 2 is 1.72 bits per heavy atom. The highest BCUT2D eigenvalue weighted by Crippen LogP contribution is 2.35. The third-order valence-electron chi connectivity index (χ3n) is 6.11. The molecule has 178 valence electrons. The van der Waals surface area contributed by atoms with Gasteiger partial charge < -0.3 is 14.3 Å². The number of nitrogens with zero attached hydrogens (tertiary/aromatic N) is 4. The first-order valence-electron chi connectivity index (χ1n) is 11.2. The molecule has 0 aliphatic rings. The van der Waals surface area contributed by atoms with Gasteiger partial charge in [0, 0.05) is 54.2 Å². The number of rotatable bonds is 5. The summed E-state index contributed by atoms with van der Waals surface area (Å²) in [6.07, 6.45) is 9.54. The Morgan fingerprint density at radius 3 is 2.53 bits per heavy atom. The largest absolute Gasteiger partial charge is 0.445 e. The summed E-state index contributed by atoms with van der Waals surface area (Å²) in [5.74, 6) is 0.402. The van der Waals surface area contributed by atoms with Crippen molar-refractivity contribution < 1.29 is 12.8 Å². The number of fused-ring (bicyclic) bond motifs is 2. The van der Waals surface area contributed by atoms with Crippen LogP contribution in [0.4, 0.5) is 11.4 Å². The van der Waals surface area contributed by atoms with Crippen LogP contribution in [0, 0.1) is 0 Å².